The molecule has 2 unspecified atom stereocenters. The molecule has 0 aliphatic heterocycles. The van der Waals surface area contributed by atoms with E-state index in [0.29, 0.717) is 11.3 Å². The van der Waals surface area contributed by atoms with E-state index in [1.54, 1.807) is 0 Å². The van der Waals surface area contributed by atoms with Crippen molar-refractivity contribution in [1.82, 2.24) is 5.32 Å². The zero-order valence-electron chi connectivity index (χ0n) is 11.7. The van der Waals surface area contributed by atoms with E-state index in [0.717, 1.165) is 18.1 Å². The maximum Gasteiger partial charge on any atom is 0.108 e. The first-order valence-corrected chi connectivity index (χ1v) is 8.42. The molecular weight excluding hydrogens is 240 g/mol. The zero-order chi connectivity index (χ0) is 13.0. The minimum atomic E-state index is -0.247. The van der Waals surface area contributed by atoms with E-state index >= 15 is 0 Å². The number of nitrogens with one attached hydrogen (secondary N) is 1. The molecule has 18 heavy (non-hydrogen) atoms. The van der Waals surface area contributed by atoms with Crippen molar-refractivity contribution in [2.24, 2.45) is 0 Å². The Hall–Kier alpha value is -0.200. The van der Waals surface area contributed by atoms with Crippen molar-refractivity contribution < 1.29 is 0 Å². The van der Waals surface area contributed by atoms with E-state index in [-0.39, 0.29) is 5.54 Å². The first kappa shape index (κ1) is 14.2. The molecule has 0 heterocycles. The SMILES string of the molecule is CC(C)NC1(C#N)CCCC(SC2CCCC2)C1. The molecule has 0 bridgehead atoms. The molecule has 2 aliphatic carbocycles. The fourth-order valence-electron chi connectivity index (χ4n) is 3.45. The number of thioether (sulfide) groups is 1. The molecule has 0 aromatic carbocycles. The third-order valence-electron chi connectivity index (χ3n) is 4.17. The van der Waals surface area contributed by atoms with Crippen molar-refractivity contribution in [1.29, 1.82) is 5.26 Å². The van der Waals surface area contributed by atoms with E-state index in [1.807, 2.05) is 0 Å². The van der Waals surface area contributed by atoms with Crippen LogP contribution in [0.3, 0.4) is 0 Å². The highest BCUT2D eigenvalue weighted by atomic mass is 32.2. The Morgan fingerprint density at radius 2 is 1.83 bits per heavy atom. The van der Waals surface area contributed by atoms with Gasteiger partial charge in [0.05, 0.1) is 6.07 Å². The average molecular weight is 266 g/mol. The van der Waals surface area contributed by atoms with Gasteiger partial charge in [0.2, 0.25) is 0 Å². The van der Waals surface area contributed by atoms with Crippen LogP contribution in [0.1, 0.15) is 65.2 Å². The second kappa shape index (κ2) is 6.30. The number of nitrogens with zero attached hydrogens (tertiary/aromatic N) is 1. The van der Waals surface area contributed by atoms with Crippen molar-refractivity contribution in [2.75, 3.05) is 0 Å². The fraction of sp³-hybridized carbons (Fsp3) is 0.933. The van der Waals surface area contributed by atoms with Gasteiger partial charge in [0.15, 0.2) is 0 Å². The molecule has 0 aromatic rings. The first-order valence-electron chi connectivity index (χ1n) is 7.48. The largest absolute Gasteiger partial charge is 0.297 e. The van der Waals surface area contributed by atoms with Crippen molar-refractivity contribution in [3.05, 3.63) is 0 Å². The van der Waals surface area contributed by atoms with E-state index in [4.69, 9.17) is 0 Å². The quantitative estimate of drug-likeness (QED) is 0.839. The zero-order valence-corrected chi connectivity index (χ0v) is 12.6. The van der Waals surface area contributed by atoms with Gasteiger partial charge in [0, 0.05) is 16.5 Å². The molecule has 1 N–H and O–H groups in total. The van der Waals surface area contributed by atoms with Crippen LogP contribution in [0.25, 0.3) is 0 Å². The van der Waals surface area contributed by atoms with Crippen molar-refractivity contribution in [2.45, 2.75) is 87.3 Å². The maximum absolute atomic E-state index is 9.55. The van der Waals surface area contributed by atoms with Crippen LogP contribution in [0, 0.1) is 11.3 Å². The summed E-state index contributed by atoms with van der Waals surface area (Å²) in [6, 6.07) is 2.98. The summed E-state index contributed by atoms with van der Waals surface area (Å²) in [5.74, 6) is 0. The van der Waals surface area contributed by atoms with Crippen molar-refractivity contribution in [3.8, 4) is 6.07 Å². The van der Waals surface area contributed by atoms with Crippen molar-refractivity contribution in [3.63, 3.8) is 0 Å². The number of rotatable bonds is 4. The molecule has 2 atom stereocenters. The number of hydrogen-bond donors (Lipinski definition) is 1. The van der Waals surface area contributed by atoms with Crippen molar-refractivity contribution >= 4 is 11.8 Å². The Kier molecular flexibility index (Phi) is 4.98. The predicted molar refractivity (Wildman–Crippen MR) is 78.7 cm³/mol. The minimum absolute atomic E-state index is 0.247. The third-order valence-corrected chi connectivity index (χ3v) is 5.82. The summed E-state index contributed by atoms with van der Waals surface area (Å²) in [6.07, 6.45) is 10.2. The van der Waals surface area contributed by atoms with Crippen LogP contribution in [0.15, 0.2) is 0 Å². The van der Waals surface area contributed by atoms with Gasteiger partial charge >= 0.3 is 0 Å². The Bertz CT molecular complexity index is 304. The molecule has 2 aliphatic rings. The molecule has 0 amide bonds. The van der Waals surface area contributed by atoms with E-state index in [9.17, 15) is 5.26 Å². The highest BCUT2D eigenvalue weighted by Gasteiger charge is 2.38. The lowest BCUT2D eigenvalue weighted by Gasteiger charge is -2.38. The summed E-state index contributed by atoms with van der Waals surface area (Å²) in [5.41, 5.74) is -0.247. The van der Waals surface area contributed by atoms with Gasteiger partial charge in [-0.25, -0.2) is 0 Å². The lowest BCUT2D eigenvalue weighted by atomic mass is 9.82. The van der Waals surface area contributed by atoms with Crippen LogP contribution in [-0.2, 0) is 0 Å². The van der Waals surface area contributed by atoms with Gasteiger partial charge < -0.3 is 0 Å². The van der Waals surface area contributed by atoms with Crippen LogP contribution < -0.4 is 5.32 Å². The molecular formula is C15H26N2S. The van der Waals surface area contributed by atoms with Gasteiger partial charge in [-0.2, -0.15) is 17.0 Å². The van der Waals surface area contributed by atoms with Crippen LogP contribution in [-0.4, -0.2) is 22.1 Å². The second-order valence-corrected chi connectivity index (χ2v) is 7.86. The lowest BCUT2D eigenvalue weighted by Crippen LogP contribution is -2.51. The normalized spacial score (nSPS) is 33.8. The first-order chi connectivity index (χ1) is 8.63. The summed E-state index contributed by atoms with van der Waals surface area (Å²) < 4.78 is 0. The topological polar surface area (TPSA) is 35.8 Å². The molecule has 2 saturated carbocycles. The van der Waals surface area contributed by atoms with Gasteiger partial charge in [0.25, 0.3) is 0 Å². The molecule has 102 valence electrons. The van der Waals surface area contributed by atoms with Gasteiger partial charge in [-0.15, -0.1) is 0 Å². The van der Waals surface area contributed by atoms with E-state index in [1.165, 1.54) is 38.5 Å². The van der Waals surface area contributed by atoms with Gasteiger partial charge in [-0.1, -0.05) is 12.8 Å². The Balaban J connectivity index is 1.91. The van der Waals surface area contributed by atoms with Crippen LogP contribution in [0.4, 0.5) is 0 Å². The molecule has 0 saturated heterocycles. The average Bonchev–Trinajstić information content (AvgIpc) is 2.81. The molecule has 2 rings (SSSR count). The molecule has 3 heteroatoms. The summed E-state index contributed by atoms with van der Waals surface area (Å²) in [5, 5.41) is 14.7. The van der Waals surface area contributed by atoms with Crippen LogP contribution in [0.5, 0.6) is 0 Å². The summed E-state index contributed by atoms with van der Waals surface area (Å²) >= 11 is 2.18. The van der Waals surface area contributed by atoms with Crippen LogP contribution >= 0.6 is 11.8 Å². The molecule has 0 aromatic heterocycles. The monoisotopic (exact) mass is 266 g/mol. The molecule has 2 fully saturated rings. The Labute approximate surface area is 116 Å². The molecule has 0 radical (unpaired) electrons. The van der Waals surface area contributed by atoms with E-state index < -0.39 is 0 Å². The Morgan fingerprint density at radius 3 is 2.44 bits per heavy atom. The number of hydrogen-bond acceptors (Lipinski definition) is 3. The summed E-state index contributed by atoms with van der Waals surface area (Å²) in [4.78, 5) is 0. The lowest BCUT2D eigenvalue weighted by molar-refractivity contribution is 0.284. The summed E-state index contributed by atoms with van der Waals surface area (Å²) in [6.45, 7) is 4.29. The summed E-state index contributed by atoms with van der Waals surface area (Å²) in [7, 11) is 0. The predicted octanol–water partition coefficient (Wildman–Crippen LogP) is 3.87. The highest BCUT2D eigenvalue weighted by molar-refractivity contribution is 8.00. The highest BCUT2D eigenvalue weighted by Crippen LogP contribution is 2.40. The van der Waals surface area contributed by atoms with Gasteiger partial charge in [-0.05, 0) is 52.4 Å². The molecule has 2 nitrogen and oxygen atoms in total. The Morgan fingerprint density at radius 1 is 1.17 bits per heavy atom. The van der Waals surface area contributed by atoms with Gasteiger partial charge in [0.1, 0.15) is 5.54 Å². The van der Waals surface area contributed by atoms with Crippen LogP contribution in [0.2, 0.25) is 0 Å². The third kappa shape index (κ3) is 3.65. The number of nitriles is 1. The standard InChI is InChI=1S/C15H26N2S/c1-12(2)17-15(11-16)9-5-8-14(10-15)18-13-6-3-4-7-13/h12-14,17H,3-10H2,1-2H3. The second-order valence-electron chi connectivity index (χ2n) is 6.25. The molecule has 0 spiro atoms. The minimum Gasteiger partial charge on any atom is -0.297 e. The maximum atomic E-state index is 9.55. The fourth-order valence-corrected chi connectivity index (χ4v) is 5.29. The van der Waals surface area contributed by atoms with Gasteiger partial charge in [-0.3, -0.25) is 5.32 Å². The smallest absolute Gasteiger partial charge is 0.108 e. The van der Waals surface area contributed by atoms with E-state index in [2.05, 4.69) is 37.0 Å².